The molecule has 0 aliphatic heterocycles. The monoisotopic (exact) mass is 279 g/mol. The highest BCUT2D eigenvalue weighted by Gasteiger charge is 1.99. The van der Waals surface area contributed by atoms with Gasteiger partial charge in [-0.05, 0) is 41.5 Å². The smallest absolute Gasteiger partial charge is 0.119 e. The van der Waals surface area contributed by atoms with Gasteiger partial charge in [0.15, 0.2) is 0 Å². The lowest BCUT2D eigenvalue weighted by molar-refractivity contribution is 0.306. The summed E-state index contributed by atoms with van der Waals surface area (Å²) in [5, 5.41) is 4.20. The largest absolute Gasteiger partial charge is 0.489 e. The molecule has 0 amide bonds. The summed E-state index contributed by atoms with van der Waals surface area (Å²) in [7, 11) is 0. The Bertz CT molecular complexity index is 673. The molecule has 2 N–H and O–H groups in total. The minimum atomic E-state index is 0.543. The minimum Gasteiger partial charge on any atom is -0.489 e. The number of hydrogen-bond acceptors (Lipinski definition) is 3. The molecule has 4 heteroatoms. The molecule has 106 valence electrons. The third-order valence-electron chi connectivity index (χ3n) is 3.27. The number of nitrogens with zero attached hydrogens (tertiary/aromatic N) is 2. The fourth-order valence-corrected chi connectivity index (χ4v) is 2.05. The van der Waals surface area contributed by atoms with E-state index in [1.54, 1.807) is 6.20 Å². The van der Waals surface area contributed by atoms with Crippen molar-refractivity contribution in [2.45, 2.75) is 13.2 Å². The molecule has 21 heavy (non-hydrogen) atoms. The van der Waals surface area contributed by atoms with Gasteiger partial charge < -0.3 is 10.5 Å². The molecule has 0 atom stereocenters. The van der Waals surface area contributed by atoms with Crippen LogP contribution in [0, 0.1) is 0 Å². The molecule has 0 spiro atoms. The molecular weight excluding hydrogens is 262 g/mol. The Hall–Kier alpha value is -2.59. The van der Waals surface area contributed by atoms with Gasteiger partial charge in [-0.25, -0.2) is 4.68 Å². The van der Waals surface area contributed by atoms with Crippen molar-refractivity contribution in [3.8, 4) is 11.4 Å². The average Bonchev–Trinajstić information content (AvgIpc) is 3.08. The summed E-state index contributed by atoms with van der Waals surface area (Å²) in [5.41, 5.74) is 8.83. The number of hydrogen-bond donors (Lipinski definition) is 1. The summed E-state index contributed by atoms with van der Waals surface area (Å²) in [5.74, 6) is 0.850. The number of aromatic nitrogens is 2. The fraction of sp³-hybridized carbons (Fsp3) is 0.118. The SMILES string of the molecule is NCc1ccc(OCc2ccc(-n3cccn3)cc2)cc1. The first-order valence-electron chi connectivity index (χ1n) is 6.86. The molecule has 1 heterocycles. The Morgan fingerprint density at radius 1 is 0.952 bits per heavy atom. The van der Waals surface area contributed by atoms with E-state index in [4.69, 9.17) is 10.5 Å². The lowest BCUT2D eigenvalue weighted by Gasteiger charge is -2.08. The van der Waals surface area contributed by atoms with Crippen LogP contribution in [0.5, 0.6) is 5.75 Å². The molecule has 4 nitrogen and oxygen atoms in total. The summed E-state index contributed by atoms with van der Waals surface area (Å²) < 4.78 is 7.59. The molecule has 0 unspecified atom stereocenters. The van der Waals surface area contributed by atoms with E-state index in [-0.39, 0.29) is 0 Å². The lowest BCUT2D eigenvalue weighted by Crippen LogP contribution is -1.99. The minimum absolute atomic E-state index is 0.543. The van der Waals surface area contributed by atoms with Crippen LogP contribution >= 0.6 is 0 Å². The van der Waals surface area contributed by atoms with Crippen molar-refractivity contribution in [2.75, 3.05) is 0 Å². The molecule has 1 aromatic heterocycles. The highest BCUT2D eigenvalue weighted by atomic mass is 16.5. The van der Waals surface area contributed by atoms with Crippen molar-refractivity contribution in [2.24, 2.45) is 5.73 Å². The van der Waals surface area contributed by atoms with Gasteiger partial charge >= 0.3 is 0 Å². The fourth-order valence-electron chi connectivity index (χ4n) is 2.05. The first-order valence-corrected chi connectivity index (χ1v) is 6.86. The van der Waals surface area contributed by atoms with Crippen molar-refractivity contribution >= 4 is 0 Å². The van der Waals surface area contributed by atoms with Crippen LogP contribution < -0.4 is 10.5 Å². The van der Waals surface area contributed by atoms with Crippen LogP contribution in [-0.2, 0) is 13.2 Å². The summed E-state index contributed by atoms with van der Waals surface area (Å²) in [6.07, 6.45) is 3.69. The normalized spacial score (nSPS) is 10.5. The lowest BCUT2D eigenvalue weighted by atomic mass is 10.2. The molecule has 0 radical (unpaired) electrons. The number of rotatable bonds is 5. The summed E-state index contributed by atoms with van der Waals surface area (Å²) in [6, 6.07) is 17.9. The van der Waals surface area contributed by atoms with Crippen molar-refractivity contribution in [1.29, 1.82) is 0 Å². The predicted octanol–water partition coefficient (Wildman–Crippen LogP) is 2.91. The van der Waals surface area contributed by atoms with E-state index in [0.717, 1.165) is 22.6 Å². The highest BCUT2D eigenvalue weighted by molar-refractivity contribution is 5.34. The third kappa shape index (κ3) is 3.30. The molecule has 0 aliphatic rings. The van der Waals surface area contributed by atoms with Gasteiger partial charge in [0.25, 0.3) is 0 Å². The Kier molecular flexibility index (Phi) is 3.98. The number of benzene rings is 2. The van der Waals surface area contributed by atoms with Gasteiger partial charge in [0, 0.05) is 18.9 Å². The van der Waals surface area contributed by atoms with Crippen molar-refractivity contribution < 1.29 is 4.74 Å². The van der Waals surface area contributed by atoms with E-state index < -0.39 is 0 Å². The molecule has 0 saturated heterocycles. The molecule has 3 aromatic rings. The summed E-state index contributed by atoms with van der Waals surface area (Å²) >= 11 is 0. The number of nitrogens with two attached hydrogens (primary N) is 1. The zero-order chi connectivity index (χ0) is 14.5. The third-order valence-corrected chi connectivity index (χ3v) is 3.27. The van der Waals surface area contributed by atoms with Gasteiger partial charge in [-0.2, -0.15) is 5.10 Å². The molecular formula is C17H17N3O. The van der Waals surface area contributed by atoms with Crippen molar-refractivity contribution in [3.05, 3.63) is 78.1 Å². The van der Waals surface area contributed by atoms with E-state index in [0.29, 0.717) is 13.2 Å². The second-order valence-corrected chi connectivity index (χ2v) is 4.75. The topological polar surface area (TPSA) is 53.1 Å². The van der Waals surface area contributed by atoms with Gasteiger partial charge in [-0.3, -0.25) is 0 Å². The second-order valence-electron chi connectivity index (χ2n) is 4.75. The van der Waals surface area contributed by atoms with Crippen LogP contribution in [0.15, 0.2) is 67.0 Å². The zero-order valence-electron chi connectivity index (χ0n) is 11.6. The van der Waals surface area contributed by atoms with Crippen LogP contribution in [0.2, 0.25) is 0 Å². The highest BCUT2D eigenvalue weighted by Crippen LogP contribution is 2.15. The number of ether oxygens (including phenoxy) is 1. The molecule has 0 fully saturated rings. The van der Waals surface area contributed by atoms with Crippen LogP contribution in [0.3, 0.4) is 0 Å². The van der Waals surface area contributed by atoms with Gasteiger partial charge in [0.2, 0.25) is 0 Å². The zero-order valence-corrected chi connectivity index (χ0v) is 11.6. The van der Waals surface area contributed by atoms with E-state index in [2.05, 4.69) is 5.10 Å². The van der Waals surface area contributed by atoms with Crippen LogP contribution in [0.25, 0.3) is 5.69 Å². The van der Waals surface area contributed by atoms with Gasteiger partial charge in [-0.15, -0.1) is 0 Å². The van der Waals surface area contributed by atoms with E-state index >= 15 is 0 Å². The predicted molar refractivity (Wildman–Crippen MR) is 82.2 cm³/mol. The molecule has 3 rings (SSSR count). The van der Waals surface area contributed by atoms with Crippen molar-refractivity contribution in [3.63, 3.8) is 0 Å². The standard InChI is InChI=1S/C17H17N3O/c18-12-14-4-8-17(9-5-14)21-13-15-2-6-16(7-3-15)20-11-1-10-19-20/h1-11H,12-13,18H2. The Morgan fingerprint density at radius 3 is 2.29 bits per heavy atom. The molecule has 0 bridgehead atoms. The Morgan fingerprint density at radius 2 is 1.67 bits per heavy atom. The van der Waals surface area contributed by atoms with E-state index in [9.17, 15) is 0 Å². The maximum Gasteiger partial charge on any atom is 0.119 e. The summed E-state index contributed by atoms with van der Waals surface area (Å²) in [4.78, 5) is 0. The van der Waals surface area contributed by atoms with Crippen LogP contribution in [0.1, 0.15) is 11.1 Å². The first-order chi connectivity index (χ1) is 10.3. The van der Waals surface area contributed by atoms with Crippen LogP contribution in [-0.4, -0.2) is 9.78 Å². The van der Waals surface area contributed by atoms with Gasteiger partial charge in [0.05, 0.1) is 5.69 Å². The van der Waals surface area contributed by atoms with Gasteiger partial charge in [-0.1, -0.05) is 24.3 Å². The first kappa shape index (κ1) is 13.4. The van der Waals surface area contributed by atoms with Crippen LogP contribution in [0.4, 0.5) is 0 Å². The van der Waals surface area contributed by atoms with Crippen molar-refractivity contribution in [1.82, 2.24) is 9.78 Å². The van der Waals surface area contributed by atoms with Gasteiger partial charge in [0.1, 0.15) is 12.4 Å². The molecule has 2 aromatic carbocycles. The molecule has 0 aliphatic carbocycles. The average molecular weight is 279 g/mol. The Balaban J connectivity index is 1.62. The van der Waals surface area contributed by atoms with E-state index in [1.165, 1.54) is 0 Å². The maximum absolute atomic E-state index is 5.76. The Labute approximate surface area is 123 Å². The molecule has 0 saturated carbocycles. The maximum atomic E-state index is 5.76. The summed E-state index contributed by atoms with van der Waals surface area (Å²) in [6.45, 7) is 1.09. The van der Waals surface area contributed by atoms with E-state index in [1.807, 2.05) is 65.5 Å². The second kappa shape index (κ2) is 6.24. The quantitative estimate of drug-likeness (QED) is 0.781.